The van der Waals surface area contributed by atoms with Gasteiger partial charge in [-0.15, -0.1) is 0 Å². The second-order valence-electron chi connectivity index (χ2n) is 7.66. The second-order valence-corrected chi connectivity index (χ2v) is 7.66. The fraction of sp³-hybridized carbons (Fsp3) is 0.632. The number of aromatic nitrogens is 4. The predicted molar refractivity (Wildman–Crippen MR) is 98.8 cm³/mol. The van der Waals surface area contributed by atoms with Crippen molar-refractivity contribution >= 4 is 5.82 Å². The van der Waals surface area contributed by atoms with Crippen molar-refractivity contribution in [1.29, 1.82) is 0 Å². The summed E-state index contributed by atoms with van der Waals surface area (Å²) in [5, 5.41) is 7.39. The molecule has 25 heavy (non-hydrogen) atoms. The zero-order valence-electron chi connectivity index (χ0n) is 15.3. The van der Waals surface area contributed by atoms with E-state index in [-0.39, 0.29) is 0 Å². The molecule has 6 nitrogen and oxygen atoms in total. The molecule has 0 spiro atoms. The van der Waals surface area contributed by atoms with Crippen LogP contribution in [0.1, 0.15) is 61.9 Å². The first kappa shape index (κ1) is 16.5. The van der Waals surface area contributed by atoms with Gasteiger partial charge in [-0.3, -0.25) is 10.00 Å². The van der Waals surface area contributed by atoms with Crippen LogP contribution in [-0.4, -0.2) is 51.2 Å². The lowest BCUT2D eigenvalue weighted by atomic mass is 9.83. The number of aromatic amines is 1. The second kappa shape index (κ2) is 7.12. The van der Waals surface area contributed by atoms with Gasteiger partial charge in [-0.25, -0.2) is 9.97 Å². The largest absolute Gasteiger partial charge is 0.354 e. The first-order chi connectivity index (χ1) is 12.2. The van der Waals surface area contributed by atoms with Crippen LogP contribution in [0.15, 0.2) is 18.6 Å². The van der Waals surface area contributed by atoms with E-state index in [4.69, 9.17) is 0 Å². The molecule has 1 saturated heterocycles. The van der Waals surface area contributed by atoms with E-state index < -0.39 is 0 Å². The number of H-pyrrole nitrogens is 1. The summed E-state index contributed by atoms with van der Waals surface area (Å²) in [5.41, 5.74) is 3.83. The number of nitrogens with one attached hydrogen (secondary N) is 1. The van der Waals surface area contributed by atoms with Crippen LogP contribution in [0.3, 0.4) is 0 Å². The molecule has 2 aromatic rings. The Balaban J connectivity index is 1.36. The van der Waals surface area contributed by atoms with Gasteiger partial charge in [0.15, 0.2) is 0 Å². The van der Waals surface area contributed by atoms with Crippen LogP contribution in [0.5, 0.6) is 0 Å². The highest BCUT2D eigenvalue weighted by Gasteiger charge is 2.24. The molecule has 0 radical (unpaired) electrons. The van der Waals surface area contributed by atoms with Crippen molar-refractivity contribution in [2.24, 2.45) is 0 Å². The molecule has 3 heterocycles. The molecule has 0 aromatic carbocycles. The molecule has 6 heteroatoms. The number of rotatable bonds is 5. The molecule has 1 aliphatic heterocycles. The molecule has 2 aliphatic rings. The highest BCUT2D eigenvalue weighted by atomic mass is 15.3. The zero-order valence-corrected chi connectivity index (χ0v) is 15.3. The summed E-state index contributed by atoms with van der Waals surface area (Å²) in [6.45, 7) is 9.57. The third-order valence-corrected chi connectivity index (χ3v) is 5.62. The molecule has 0 amide bonds. The van der Waals surface area contributed by atoms with Crippen LogP contribution in [0, 0.1) is 0 Å². The van der Waals surface area contributed by atoms with Gasteiger partial charge in [-0.1, -0.05) is 20.3 Å². The van der Waals surface area contributed by atoms with Crippen molar-refractivity contribution in [1.82, 2.24) is 25.1 Å². The van der Waals surface area contributed by atoms with E-state index in [1.54, 1.807) is 6.33 Å². The Bertz CT molecular complexity index is 697. The van der Waals surface area contributed by atoms with E-state index in [0.29, 0.717) is 11.8 Å². The zero-order chi connectivity index (χ0) is 17.2. The van der Waals surface area contributed by atoms with E-state index in [0.717, 1.165) is 38.5 Å². The van der Waals surface area contributed by atoms with Crippen molar-refractivity contribution in [3.8, 4) is 0 Å². The van der Waals surface area contributed by atoms with Gasteiger partial charge in [-0.2, -0.15) is 5.10 Å². The third-order valence-electron chi connectivity index (χ3n) is 5.62. The maximum atomic E-state index is 4.52. The lowest BCUT2D eigenvalue weighted by Gasteiger charge is -2.35. The molecular weight excluding hydrogens is 312 g/mol. The molecule has 1 aliphatic carbocycles. The van der Waals surface area contributed by atoms with Gasteiger partial charge in [-0.05, 0) is 18.8 Å². The van der Waals surface area contributed by atoms with Crippen LogP contribution in [0.2, 0.25) is 0 Å². The number of hydrogen-bond acceptors (Lipinski definition) is 5. The Hall–Kier alpha value is -1.95. The van der Waals surface area contributed by atoms with Crippen molar-refractivity contribution in [2.75, 3.05) is 31.1 Å². The van der Waals surface area contributed by atoms with Crippen LogP contribution in [-0.2, 0) is 6.54 Å². The summed E-state index contributed by atoms with van der Waals surface area (Å²) in [7, 11) is 0. The molecule has 0 bridgehead atoms. The van der Waals surface area contributed by atoms with Crippen molar-refractivity contribution in [2.45, 2.75) is 51.5 Å². The van der Waals surface area contributed by atoms with Crippen molar-refractivity contribution in [3.63, 3.8) is 0 Å². The minimum atomic E-state index is 0.490. The van der Waals surface area contributed by atoms with E-state index >= 15 is 0 Å². The highest BCUT2D eigenvalue weighted by Crippen LogP contribution is 2.35. The fourth-order valence-electron chi connectivity index (χ4n) is 3.78. The minimum Gasteiger partial charge on any atom is -0.354 e. The standard InChI is InChI=1S/C19H28N6/c1-14(2)19-16(11-22-23-19)12-24-6-8-25(9-7-24)18-10-17(20-13-21-18)15-4-3-5-15/h10-11,13-15H,3-9,12H2,1-2H3,(H,22,23). The topological polar surface area (TPSA) is 60.9 Å². The SMILES string of the molecule is CC(C)c1[nH]ncc1CN1CCN(c2cc(C3CCC3)ncn2)CC1. The molecule has 0 atom stereocenters. The number of nitrogens with zero attached hydrogens (tertiary/aromatic N) is 5. The average Bonchev–Trinajstić information content (AvgIpc) is 3.03. The van der Waals surface area contributed by atoms with Crippen LogP contribution in [0.25, 0.3) is 0 Å². The Kier molecular flexibility index (Phi) is 4.70. The van der Waals surface area contributed by atoms with Gasteiger partial charge >= 0.3 is 0 Å². The Morgan fingerprint density at radius 3 is 2.64 bits per heavy atom. The van der Waals surface area contributed by atoms with Crippen LogP contribution in [0.4, 0.5) is 5.82 Å². The van der Waals surface area contributed by atoms with Gasteiger partial charge < -0.3 is 4.90 Å². The Morgan fingerprint density at radius 1 is 1.16 bits per heavy atom. The Morgan fingerprint density at radius 2 is 1.96 bits per heavy atom. The molecule has 0 unspecified atom stereocenters. The minimum absolute atomic E-state index is 0.490. The first-order valence-electron chi connectivity index (χ1n) is 9.52. The maximum absolute atomic E-state index is 4.52. The van der Waals surface area contributed by atoms with Gasteiger partial charge in [0.05, 0.1) is 6.20 Å². The van der Waals surface area contributed by atoms with Crippen LogP contribution >= 0.6 is 0 Å². The van der Waals surface area contributed by atoms with E-state index in [9.17, 15) is 0 Å². The third kappa shape index (κ3) is 3.54. The summed E-state index contributed by atoms with van der Waals surface area (Å²) in [4.78, 5) is 13.9. The molecular formula is C19H28N6. The number of hydrogen-bond donors (Lipinski definition) is 1. The highest BCUT2D eigenvalue weighted by molar-refractivity contribution is 5.40. The molecule has 1 N–H and O–H groups in total. The lowest BCUT2D eigenvalue weighted by molar-refractivity contribution is 0.248. The van der Waals surface area contributed by atoms with E-state index in [1.165, 1.54) is 36.2 Å². The smallest absolute Gasteiger partial charge is 0.132 e. The summed E-state index contributed by atoms with van der Waals surface area (Å²) in [6.07, 6.45) is 7.64. The Labute approximate surface area is 149 Å². The van der Waals surface area contributed by atoms with Crippen molar-refractivity contribution < 1.29 is 0 Å². The van der Waals surface area contributed by atoms with Gasteiger partial charge in [0.25, 0.3) is 0 Å². The maximum Gasteiger partial charge on any atom is 0.132 e. The van der Waals surface area contributed by atoms with Gasteiger partial charge in [0.1, 0.15) is 12.1 Å². The quantitative estimate of drug-likeness (QED) is 0.907. The molecule has 2 aromatic heterocycles. The lowest BCUT2D eigenvalue weighted by Crippen LogP contribution is -2.46. The normalized spacial score (nSPS) is 19.4. The van der Waals surface area contributed by atoms with Crippen molar-refractivity contribution in [3.05, 3.63) is 35.5 Å². The van der Waals surface area contributed by atoms with Gasteiger partial charge in [0.2, 0.25) is 0 Å². The van der Waals surface area contributed by atoms with E-state index in [1.807, 2.05) is 6.20 Å². The molecule has 2 fully saturated rings. The number of anilines is 1. The van der Waals surface area contributed by atoms with E-state index in [2.05, 4.69) is 49.9 Å². The predicted octanol–water partition coefficient (Wildman–Crippen LogP) is 2.91. The summed E-state index contributed by atoms with van der Waals surface area (Å²) in [6, 6.07) is 2.21. The average molecular weight is 340 g/mol. The molecule has 1 saturated carbocycles. The number of piperazine rings is 1. The van der Waals surface area contributed by atoms with Crippen LogP contribution < -0.4 is 4.90 Å². The summed E-state index contributed by atoms with van der Waals surface area (Å²) < 4.78 is 0. The fourth-order valence-corrected chi connectivity index (χ4v) is 3.78. The monoisotopic (exact) mass is 340 g/mol. The summed E-state index contributed by atoms with van der Waals surface area (Å²) in [5.74, 6) is 2.26. The molecule has 134 valence electrons. The summed E-state index contributed by atoms with van der Waals surface area (Å²) >= 11 is 0. The van der Waals surface area contributed by atoms with Gasteiger partial charge in [0, 0.05) is 61.7 Å². The molecule has 4 rings (SSSR count). The first-order valence-corrected chi connectivity index (χ1v) is 9.52.